The normalized spacial score (nSPS) is 19.1. The number of anilines is 1. The lowest BCUT2D eigenvalue weighted by Gasteiger charge is -2.38. The van der Waals surface area contributed by atoms with E-state index >= 15 is 0 Å². The zero-order valence-electron chi connectivity index (χ0n) is 7.03. The number of likely N-dealkylation sites (tertiary alicyclic amines) is 1. The largest absolute Gasteiger partial charge is 0.355 e. The summed E-state index contributed by atoms with van der Waals surface area (Å²) in [7, 11) is 0. The van der Waals surface area contributed by atoms with Crippen LogP contribution >= 0.6 is 11.3 Å². The van der Waals surface area contributed by atoms with Crippen molar-refractivity contribution in [2.45, 2.75) is 13.0 Å². The summed E-state index contributed by atoms with van der Waals surface area (Å²) in [5.74, 6) is 0. The average molecular weight is 184 g/mol. The van der Waals surface area contributed by atoms with Crippen LogP contribution in [0.1, 0.15) is 6.92 Å². The first-order valence-electron chi connectivity index (χ1n) is 4.13. The van der Waals surface area contributed by atoms with Crippen molar-refractivity contribution in [1.29, 1.82) is 0 Å². The molecule has 2 rings (SSSR count). The molecule has 0 aromatic carbocycles. The molecule has 1 saturated heterocycles. The summed E-state index contributed by atoms with van der Waals surface area (Å²) in [5.41, 5.74) is 1.75. The highest BCUT2D eigenvalue weighted by atomic mass is 32.1. The van der Waals surface area contributed by atoms with Crippen molar-refractivity contribution < 1.29 is 0 Å². The van der Waals surface area contributed by atoms with Crippen molar-refractivity contribution in [3.63, 3.8) is 0 Å². The van der Waals surface area contributed by atoms with Crippen molar-refractivity contribution >= 4 is 16.5 Å². The number of likely N-dealkylation sites (N-methyl/N-ethyl adjacent to an activating group) is 1. The molecule has 12 heavy (non-hydrogen) atoms. The third-order valence-electron chi connectivity index (χ3n) is 2.09. The van der Waals surface area contributed by atoms with Gasteiger partial charge in [-0.15, -0.1) is 10.2 Å². The lowest BCUT2D eigenvalue weighted by atomic mass is 10.1. The van der Waals surface area contributed by atoms with Crippen LogP contribution in [0.15, 0.2) is 5.51 Å². The number of aromatic nitrogens is 2. The predicted octanol–water partition coefficient (Wildman–Crippen LogP) is 0.654. The Labute approximate surface area is 75.6 Å². The molecule has 0 aliphatic carbocycles. The molecule has 2 heterocycles. The van der Waals surface area contributed by atoms with Gasteiger partial charge < -0.3 is 5.32 Å². The molecule has 1 aliphatic heterocycles. The lowest BCUT2D eigenvalue weighted by Crippen LogP contribution is -2.54. The Bertz CT molecular complexity index is 230. The Hall–Kier alpha value is -0.680. The zero-order chi connectivity index (χ0) is 8.39. The minimum absolute atomic E-state index is 0.581. The van der Waals surface area contributed by atoms with E-state index in [1.807, 2.05) is 0 Å². The van der Waals surface area contributed by atoms with Crippen molar-refractivity contribution in [3.05, 3.63) is 5.51 Å². The molecule has 1 fully saturated rings. The Morgan fingerprint density at radius 3 is 3.17 bits per heavy atom. The molecule has 1 aliphatic rings. The molecule has 0 radical (unpaired) electrons. The Morgan fingerprint density at radius 1 is 1.75 bits per heavy atom. The van der Waals surface area contributed by atoms with Gasteiger partial charge in [-0.1, -0.05) is 18.3 Å². The van der Waals surface area contributed by atoms with Crippen LogP contribution in [0.2, 0.25) is 0 Å². The molecule has 4 nitrogen and oxygen atoms in total. The molecule has 1 N–H and O–H groups in total. The summed E-state index contributed by atoms with van der Waals surface area (Å²) < 4.78 is 0. The monoisotopic (exact) mass is 184 g/mol. The topological polar surface area (TPSA) is 41.0 Å². The van der Waals surface area contributed by atoms with Gasteiger partial charge in [-0.3, -0.25) is 4.90 Å². The van der Waals surface area contributed by atoms with Crippen LogP contribution in [0.25, 0.3) is 0 Å². The van der Waals surface area contributed by atoms with Crippen LogP contribution in [-0.4, -0.2) is 40.8 Å². The fourth-order valence-corrected chi connectivity index (χ4v) is 1.85. The van der Waals surface area contributed by atoms with Gasteiger partial charge in [0.1, 0.15) is 5.51 Å². The van der Waals surface area contributed by atoms with Gasteiger partial charge in [-0.05, 0) is 6.54 Å². The van der Waals surface area contributed by atoms with Gasteiger partial charge in [0.2, 0.25) is 5.13 Å². The molecule has 5 heteroatoms. The number of hydrogen-bond acceptors (Lipinski definition) is 5. The van der Waals surface area contributed by atoms with Crippen LogP contribution in [-0.2, 0) is 0 Å². The Balaban J connectivity index is 1.77. The first-order chi connectivity index (χ1) is 5.88. The molecular formula is C7H12N4S. The Kier molecular flexibility index (Phi) is 2.23. The third kappa shape index (κ3) is 1.56. The fourth-order valence-electron chi connectivity index (χ4n) is 1.33. The van der Waals surface area contributed by atoms with Gasteiger partial charge in [-0.25, -0.2) is 0 Å². The number of rotatable bonds is 3. The fraction of sp³-hybridized carbons (Fsp3) is 0.714. The second-order valence-electron chi connectivity index (χ2n) is 2.94. The molecular weight excluding hydrogens is 172 g/mol. The van der Waals surface area contributed by atoms with Crippen molar-refractivity contribution in [3.8, 4) is 0 Å². The third-order valence-corrected chi connectivity index (χ3v) is 2.71. The molecule has 1 aromatic heterocycles. The van der Waals surface area contributed by atoms with E-state index in [0.29, 0.717) is 6.04 Å². The highest BCUT2D eigenvalue weighted by Gasteiger charge is 2.25. The second kappa shape index (κ2) is 3.37. The molecule has 66 valence electrons. The van der Waals surface area contributed by atoms with E-state index in [-0.39, 0.29) is 0 Å². The van der Waals surface area contributed by atoms with Gasteiger partial charge in [0.25, 0.3) is 0 Å². The molecule has 0 unspecified atom stereocenters. The van der Waals surface area contributed by atoms with Gasteiger partial charge in [0, 0.05) is 13.1 Å². The number of hydrogen-bond donors (Lipinski definition) is 1. The van der Waals surface area contributed by atoms with Crippen molar-refractivity contribution in [2.24, 2.45) is 0 Å². The summed E-state index contributed by atoms with van der Waals surface area (Å²) >= 11 is 1.56. The van der Waals surface area contributed by atoms with E-state index < -0.39 is 0 Å². The molecule has 1 aromatic rings. The minimum Gasteiger partial charge on any atom is -0.355 e. The highest BCUT2D eigenvalue weighted by molar-refractivity contribution is 7.13. The summed E-state index contributed by atoms with van der Waals surface area (Å²) in [4.78, 5) is 2.39. The van der Waals surface area contributed by atoms with E-state index in [2.05, 4.69) is 27.3 Å². The van der Waals surface area contributed by atoms with Crippen LogP contribution < -0.4 is 5.32 Å². The summed E-state index contributed by atoms with van der Waals surface area (Å²) in [6, 6.07) is 0.581. The van der Waals surface area contributed by atoms with E-state index in [1.165, 1.54) is 0 Å². The summed E-state index contributed by atoms with van der Waals surface area (Å²) in [6.45, 7) is 5.60. The second-order valence-corrected chi connectivity index (χ2v) is 3.77. The van der Waals surface area contributed by atoms with Crippen LogP contribution in [0.4, 0.5) is 5.13 Å². The minimum atomic E-state index is 0.581. The zero-order valence-corrected chi connectivity index (χ0v) is 7.84. The van der Waals surface area contributed by atoms with Gasteiger partial charge in [0.05, 0.1) is 6.04 Å². The van der Waals surface area contributed by atoms with Gasteiger partial charge in [0.15, 0.2) is 0 Å². The highest BCUT2D eigenvalue weighted by Crippen LogP contribution is 2.15. The van der Waals surface area contributed by atoms with Crippen LogP contribution in [0, 0.1) is 0 Å². The molecule has 0 bridgehead atoms. The smallest absolute Gasteiger partial charge is 0.205 e. The SMILES string of the molecule is CCN1CC(Nc2nncs2)C1. The summed E-state index contributed by atoms with van der Waals surface area (Å²) in [5, 5.41) is 12.0. The quantitative estimate of drug-likeness (QED) is 0.749. The van der Waals surface area contributed by atoms with E-state index in [0.717, 1.165) is 24.8 Å². The lowest BCUT2D eigenvalue weighted by molar-refractivity contribution is 0.171. The maximum absolute atomic E-state index is 3.93. The van der Waals surface area contributed by atoms with Gasteiger partial charge >= 0.3 is 0 Å². The maximum Gasteiger partial charge on any atom is 0.205 e. The van der Waals surface area contributed by atoms with Crippen LogP contribution in [0.3, 0.4) is 0 Å². The Morgan fingerprint density at radius 2 is 2.58 bits per heavy atom. The van der Waals surface area contributed by atoms with E-state index in [9.17, 15) is 0 Å². The molecule has 0 atom stereocenters. The van der Waals surface area contributed by atoms with Gasteiger partial charge in [-0.2, -0.15) is 0 Å². The molecule has 0 spiro atoms. The standard InChI is InChI=1S/C7H12N4S/c1-2-11-3-6(4-11)9-7-10-8-5-12-7/h5-6H,2-4H2,1H3,(H,9,10). The summed E-state index contributed by atoms with van der Waals surface area (Å²) in [6.07, 6.45) is 0. The van der Waals surface area contributed by atoms with E-state index in [1.54, 1.807) is 16.8 Å². The maximum atomic E-state index is 3.93. The average Bonchev–Trinajstić information content (AvgIpc) is 2.47. The number of nitrogens with one attached hydrogen (secondary N) is 1. The predicted molar refractivity (Wildman–Crippen MR) is 49.4 cm³/mol. The van der Waals surface area contributed by atoms with Crippen molar-refractivity contribution in [2.75, 3.05) is 25.0 Å². The first kappa shape index (κ1) is 7.94. The first-order valence-corrected chi connectivity index (χ1v) is 5.01. The van der Waals surface area contributed by atoms with Crippen molar-refractivity contribution in [1.82, 2.24) is 15.1 Å². The molecule has 0 saturated carbocycles. The number of nitrogens with zero attached hydrogens (tertiary/aromatic N) is 3. The van der Waals surface area contributed by atoms with Crippen LogP contribution in [0.5, 0.6) is 0 Å². The van der Waals surface area contributed by atoms with E-state index in [4.69, 9.17) is 0 Å². The molecule has 0 amide bonds.